The van der Waals surface area contributed by atoms with Crippen molar-refractivity contribution in [3.63, 3.8) is 0 Å². The second-order valence-electron chi connectivity index (χ2n) is 6.72. The number of methoxy groups -OCH3 is 2. The van der Waals surface area contributed by atoms with Crippen molar-refractivity contribution in [1.29, 1.82) is 0 Å². The van der Waals surface area contributed by atoms with Crippen LogP contribution in [0.3, 0.4) is 0 Å². The SMILES string of the molecule is COc1ccc(OC)c(S(=O)(=O)N2CC[NH+](CCOc3ccc(F)cc3)CC2)c1. The second kappa shape index (κ2) is 9.43. The maximum Gasteiger partial charge on any atom is 0.247 e. The highest BCUT2D eigenvalue weighted by molar-refractivity contribution is 7.89. The monoisotopic (exact) mass is 425 g/mol. The zero-order chi connectivity index (χ0) is 20.9. The summed E-state index contributed by atoms with van der Waals surface area (Å²) in [5.41, 5.74) is 0. The molecule has 1 saturated heterocycles. The molecular formula is C20H26FN2O5S+. The summed E-state index contributed by atoms with van der Waals surface area (Å²) in [4.78, 5) is 1.37. The van der Waals surface area contributed by atoms with Crippen molar-refractivity contribution in [2.75, 3.05) is 53.6 Å². The van der Waals surface area contributed by atoms with Crippen molar-refractivity contribution in [3.8, 4) is 17.2 Å². The van der Waals surface area contributed by atoms with Gasteiger partial charge in [-0.2, -0.15) is 4.31 Å². The predicted octanol–water partition coefficient (Wildman–Crippen LogP) is 0.811. The maximum atomic E-state index is 13.1. The molecule has 0 unspecified atom stereocenters. The van der Waals surface area contributed by atoms with Crippen LogP contribution in [0.2, 0.25) is 0 Å². The third kappa shape index (κ3) is 5.17. The summed E-state index contributed by atoms with van der Waals surface area (Å²) >= 11 is 0. The summed E-state index contributed by atoms with van der Waals surface area (Å²) in [7, 11) is -0.737. The molecule has 0 atom stereocenters. The van der Waals surface area contributed by atoms with E-state index in [9.17, 15) is 12.8 Å². The van der Waals surface area contributed by atoms with Crippen molar-refractivity contribution in [1.82, 2.24) is 4.31 Å². The number of hydrogen-bond acceptors (Lipinski definition) is 5. The van der Waals surface area contributed by atoms with Crippen molar-refractivity contribution >= 4 is 10.0 Å². The first-order valence-corrected chi connectivity index (χ1v) is 10.8. The Morgan fingerprint density at radius 1 is 1.00 bits per heavy atom. The summed E-state index contributed by atoms with van der Waals surface area (Å²) in [5.74, 6) is 1.09. The fourth-order valence-electron chi connectivity index (χ4n) is 3.26. The summed E-state index contributed by atoms with van der Waals surface area (Å²) in [6, 6.07) is 10.7. The fraction of sp³-hybridized carbons (Fsp3) is 0.400. The zero-order valence-electron chi connectivity index (χ0n) is 16.6. The van der Waals surface area contributed by atoms with Crippen LogP contribution in [0.5, 0.6) is 17.2 Å². The highest BCUT2D eigenvalue weighted by Gasteiger charge is 2.32. The van der Waals surface area contributed by atoms with E-state index in [0.29, 0.717) is 50.0 Å². The number of piperazine rings is 1. The first kappa shape index (κ1) is 21.4. The fourth-order valence-corrected chi connectivity index (χ4v) is 4.87. The Balaban J connectivity index is 1.56. The van der Waals surface area contributed by atoms with Crippen LogP contribution in [-0.2, 0) is 10.0 Å². The van der Waals surface area contributed by atoms with Crippen molar-refractivity contribution in [3.05, 3.63) is 48.3 Å². The van der Waals surface area contributed by atoms with Gasteiger partial charge in [-0.25, -0.2) is 12.8 Å². The molecule has 2 aromatic carbocycles. The third-order valence-electron chi connectivity index (χ3n) is 4.96. The molecule has 1 fully saturated rings. The van der Waals surface area contributed by atoms with Crippen LogP contribution < -0.4 is 19.1 Å². The predicted molar refractivity (Wildman–Crippen MR) is 106 cm³/mol. The Morgan fingerprint density at radius 2 is 1.66 bits per heavy atom. The van der Waals surface area contributed by atoms with Crippen LogP contribution in [0.1, 0.15) is 0 Å². The summed E-state index contributed by atoms with van der Waals surface area (Å²) in [6.07, 6.45) is 0. The topological polar surface area (TPSA) is 69.5 Å². The smallest absolute Gasteiger partial charge is 0.247 e. The lowest BCUT2D eigenvalue weighted by molar-refractivity contribution is -0.903. The summed E-state index contributed by atoms with van der Waals surface area (Å²) in [5, 5.41) is 0. The molecule has 1 aliphatic rings. The quantitative estimate of drug-likeness (QED) is 0.678. The first-order chi connectivity index (χ1) is 13.9. The van der Waals surface area contributed by atoms with Crippen LogP contribution in [0.15, 0.2) is 47.4 Å². The van der Waals surface area contributed by atoms with Crippen molar-refractivity contribution in [2.45, 2.75) is 4.90 Å². The molecule has 7 nitrogen and oxygen atoms in total. The molecule has 0 aromatic heterocycles. The lowest BCUT2D eigenvalue weighted by Crippen LogP contribution is -3.15. The molecule has 0 bridgehead atoms. The molecule has 1 aliphatic heterocycles. The van der Waals surface area contributed by atoms with Crippen LogP contribution in [0, 0.1) is 5.82 Å². The average molecular weight is 426 g/mol. The van der Waals surface area contributed by atoms with Gasteiger partial charge in [0.25, 0.3) is 0 Å². The van der Waals surface area contributed by atoms with Gasteiger partial charge in [0.2, 0.25) is 10.0 Å². The molecule has 0 radical (unpaired) electrons. The van der Waals surface area contributed by atoms with Gasteiger partial charge in [0.1, 0.15) is 41.1 Å². The number of benzene rings is 2. The van der Waals surface area contributed by atoms with E-state index in [-0.39, 0.29) is 10.7 Å². The van der Waals surface area contributed by atoms with E-state index in [0.717, 1.165) is 6.54 Å². The number of hydrogen-bond donors (Lipinski definition) is 1. The van der Waals surface area contributed by atoms with Crippen molar-refractivity contribution < 1.29 is 31.9 Å². The maximum absolute atomic E-state index is 13.1. The highest BCUT2D eigenvalue weighted by Crippen LogP contribution is 2.30. The van der Waals surface area contributed by atoms with E-state index in [4.69, 9.17) is 14.2 Å². The number of nitrogens with one attached hydrogen (secondary N) is 1. The van der Waals surface area contributed by atoms with Crippen LogP contribution in [-0.4, -0.2) is 66.3 Å². The largest absolute Gasteiger partial charge is 0.497 e. The van der Waals surface area contributed by atoms with Gasteiger partial charge in [0.15, 0.2) is 0 Å². The average Bonchev–Trinajstić information content (AvgIpc) is 2.75. The number of sulfonamides is 1. The van der Waals surface area contributed by atoms with Crippen molar-refractivity contribution in [2.24, 2.45) is 0 Å². The number of quaternary nitrogens is 1. The van der Waals surface area contributed by atoms with Gasteiger partial charge in [0.05, 0.1) is 40.4 Å². The van der Waals surface area contributed by atoms with Gasteiger partial charge in [-0.05, 0) is 36.4 Å². The molecule has 158 valence electrons. The molecule has 0 saturated carbocycles. The van der Waals surface area contributed by atoms with E-state index < -0.39 is 10.0 Å². The van der Waals surface area contributed by atoms with E-state index in [1.54, 1.807) is 24.3 Å². The van der Waals surface area contributed by atoms with E-state index >= 15 is 0 Å². The lowest BCUT2D eigenvalue weighted by atomic mass is 10.3. The molecule has 29 heavy (non-hydrogen) atoms. The molecule has 1 N–H and O–H groups in total. The highest BCUT2D eigenvalue weighted by atomic mass is 32.2. The second-order valence-corrected chi connectivity index (χ2v) is 8.63. The normalized spacial score (nSPS) is 15.8. The number of nitrogens with zero attached hydrogens (tertiary/aromatic N) is 1. The lowest BCUT2D eigenvalue weighted by Gasteiger charge is -2.31. The van der Waals surface area contributed by atoms with Gasteiger partial charge in [-0.15, -0.1) is 0 Å². The minimum absolute atomic E-state index is 0.113. The Hall–Kier alpha value is -2.36. The van der Waals surface area contributed by atoms with E-state index in [1.165, 1.54) is 41.6 Å². The number of ether oxygens (including phenoxy) is 3. The molecule has 3 rings (SSSR count). The standard InChI is InChI=1S/C20H25FN2O5S/c1-26-18-7-8-19(27-2)20(15-18)29(24,25)23-11-9-22(10-12-23)13-14-28-17-5-3-16(21)4-6-17/h3-8,15H,9-14H2,1-2H3/p+1. The Morgan fingerprint density at radius 3 is 2.28 bits per heavy atom. The van der Waals surface area contributed by atoms with Gasteiger partial charge in [-0.3, -0.25) is 0 Å². The molecule has 1 heterocycles. The molecule has 0 spiro atoms. The molecular weight excluding hydrogens is 399 g/mol. The van der Waals surface area contributed by atoms with E-state index in [2.05, 4.69) is 0 Å². The Bertz CT molecular complexity index is 913. The minimum Gasteiger partial charge on any atom is -0.497 e. The van der Waals surface area contributed by atoms with Crippen LogP contribution >= 0.6 is 0 Å². The first-order valence-electron chi connectivity index (χ1n) is 9.38. The van der Waals surface area contributed by atoms with Gasteiger partial charge >= 0.3 is 0 Å². The zero-order valence-corrected chi connectivity index (χ0v) is 17.4. The molecule has 0 aliphatic carbocycles. The van der Waals surface area contributed by atoms with Gasteiger partial charge in [0, 0.05) is 6.07 Å². The Labute approximate surface area is 170 Å². The minimum atomic E-state index is -3.68. The number of rotatable bonds is 8. The third-order valence-corrected chi connectivity index (χ3v) is 6.88. The molecule has 0 amide bonds. The van der Waals surface area contributed by atoms with E-state index in [1.807, 2.05) is 0 Å². The van der Waals surface area contributed by atoms with Gasteiger partial charge < -0.3 is 19.1 Å². The Kier molecular flexibility index (Phi) is 6.94. The summed E-state index contributed by atoms with van der Waals surface area (Å²) < 4.78 is 56.6. The molecule has 9 heteroatoms. The van der Waals surface area contributed by atoms with Crippen LogP contribution in [0.25, 0.3) is 0 Å². The molecule has 2 aromatic rings. The van der Waals surface area contributed by atoms with Crippen LogP contribution in [0.4, 0.5) is 4.39 Å². The number of halogens is 1. The van der Waals surface area contributed by atoms with Gasteiger partial charge in [-0.1, -0.05) is 0 Å². The summed E-state index contributed by atoms with van der Waals surface area (Å²) in [6.45, 7) is 3.41.